The number of rotatable bonds is 9. The van der Waals surface area contributed by atoms with Gasteiger partial charge in [-0.25, -0.2) is 4.39 Å². The van der Waals surface area contributed by atoms with E-state index in [0.717, 1.165) is 6.42 Å². The van der Waals surface area contributed by atoms with Crippen molar-refractivity contribution in [3.8, 4) is 5.75 Å². The Labute approximate surface area is 165 Å². The first-order chi connectivity index (χ1) is 13.6. The summed E-state index contributed by atoms with van der Waals surface area (Å²) in [7, 11) is 1.63. The number of aliphatic imine (C=N–C) groups is 1. The van der Waals surface area contributed by atoms with Crippen molar-refractivity contribution in [3.05, 3.63) is 66.0 Å². The fourth-order valence-electron chi connectivity index (χ4n) is 2.47. The van der Waals surface area contributed by atoms with Gasteiger partial charge in [-0.1, -0.05) is 30.3 Å². The summed E-state index contributed by atoms with van der Waals surface area (Å²) in [5, 5.41) is 8.94. The largest absolute Gasteiger partial charge is 0.489 e. The number of amides is 1. The molecule has 150 valence electrons. The van der Waals surface area contributed by atoms with Gasteiger partial charge in [-0.05, 0) is 43.2 Å². The topological polar surface area (TPSA) is 74.8 Å². The minimum atomic E-state index is -0.301. The molecule has 0 saturated carbocycles. The average molecular weight is 386 g/mol. The standard InChI is InChI=1S/C21H27FN4O2/c1-16(28-19-10-8-18(22)9-11-19)14-25-21(23-2)26-15-20(27)24-13-12-17-6-4-3-5-7-17/h3-11,16H,12-15H2,1-2H3,(H,24,27)(H2,23,25,26). The van der Waals surface area contributed by atoms with E-state index in [2.05, 4.69) is 20.9 Å². The highest BCUT2D eigenvalue weighted by Gasteiger charge is 2.07. The number of hydrogen-bond donors (Lipinski definition) is 3. The van der Waals surface area contributed by atoms with E-state index in [1.807, 2.05) is 37.3 Å². The highest BCUT2D eigenvalue weighted by molar-refractivity contribution is 5.86. The van der Waals surface area contributed by atoms with Crippen LogP contribution in [0.2, 0.25) is 0 Å². The van der Waals surface area contributed by atoms with Crippen molar-refractivity contribution in [1.29, 1.82) is 0 Å². The molecule has 6 nitrogen and oxygen atoms in total. The zero-order chi connectivity index (χ0) is 20.2. The molecule has 7 heteroatoms. The summed E-state index contributed by atoms with van der Waals surface area (Å²) in [5.74, 6) is 0.698. The minimum Gasteiger partial charge on any atom is -0.489 e. The van der Waals surface area contributed by atoms with Crippen molar-refractivity contribution in [3.63, 3.8) is 0 Å². The summed E-state index contributed by atoms with van der Waals surface area (Å²) in [6, 6.07) is 15.9. The van der Waals surface area contributed by atoms with E-state index in [1.165, 1.54) is 17.7 Å². The predicted molar refractivity (Wildman–Crippen MR) is 109 cm³/mol. The molecule has 0 aliphatic rings. The van der Waals surface area contributed by atoms with Crippen LogP contribution in [0.3, 0.4) is 0 Å². The number of carbonyl (C=O) groups excluding carboxylic acids is 1. The maximum atomic E-state index is 12.9. The number of benzene rings is 2. The quantitative estimate of drug-likeness (QED) is 0.456. The van der Waals surface area contributed by atoms with Crippen LogP contribution < -0.4 is 20.7 Å². The lowest BCUT2D eigenvalue weighted by molar-refractivity contribution is -0.119. The lowest BCUT2D eigenvalue weighted by atomic mass is 10.1. The molecule has 0 spiro atoms. The van der Waals surface area contributed by atoms with E-state index in [-0.39, 0.29) is 24.4 Å². The molecule has 1 atom stereocenters. The summed E-state index contributed by atoms with van der Waals surface area (Å²) < 4.78 is 18.6. The normalized spacial score (nSPS) is 12.2. The smallest absolute Gasteiger partial charge is 0.239 e. The molecule has 0 saturated heterocycles. The van der Waals surface area contributed by atoms with Crippen molar-refractivity contribution >= 4 is 11.9 Å². The molecule has 0 fully saturated rings. The first-order valence-electron chi connectivity index (χ1n) is 9.24. The van der Waals surface area contributed by atoms with Crippen molar-refractivity contribution in [2.24, 2.45) is 4.99 Å². The lowest BCUT2D eigenvalue weighted by Gasteiger charge is -2.17. The Morgan fingerprint density at radius 3 is 2.46 bits per heavy atom. The molecule has 2 rings (SSSR count). The summed E-state index contributed by atoms with van der Waals surface area (Å²) in [6.07, 6.45) is 0.626. The number of nitrogens with zero attached hydrogens (tertiary/aromatic N) is 1. The van der Waals surface area contributed by atoms with Crippen molar-refractivity contribution in [1.82, 2.24) is 16.0 Å². The molecule has 0 aromatic heterocycles. The van der Waals surface area contributed by atoms with Gasteiger partial charge in [0.15, 0.2) is 5.96 Å². The predicted octanol–water partition coefficient (Wildman–Crippen LogP) is 2.12. The molecule has 1 unspecified atom stereocenters. The fourth-order valence-corrected chi connectivity index (χ4v) is 2.47. The lowest BCUT2D eigenvalue weighted by Crippen LogP contribution is -2.45. The molecule has 2 aromatic rings. The molecule has 28 heavy (non-hydrogen) atoms. The average Bonchev–Trinajstić information content (AvgIpc) is 2.70. The second kappa shape index (κ2) is 11.6. The maximum absolute atomic E-state index is 12.9. The first-order valence-corrected chi connectivity index (χ1v) is 9.24. The summed E-state index contributed by atoms with van der Waals surface area (Å²) >= 11 is 0. The maximum Gasteiger partial charge on any atom is 0.239 e. The number of ether oxygens (including phenoxy) is 1. The zero-order valence-corrected chi connectivity index (χ0v) is 16.2. The van der Waals surface area contributed by atoms with Crippen LogP contribution >= 0.6 is 0 Å². The Hall–Kier alpha value is -3.09. The third-order valence-electron chi connectivity index (χ3n) is 3.93. The van der Waals surface area contributed by atoms with Crippen LogP contribution in [0, 0.1) is 5.82 Å². The number of nitrogens with one attached hydrogen (secondary N) is 3. The van der Waals surface area contributed by atoms with E-state index >= 15 is 0 Å². The van der Waals surface area contributed by atoms with Gasteiger partial charge in [-0.2, -0.15) is 0 Å². The van der Waals surface area contributed by atoms with Gasteiger partial charge >= 0.3 is 0 Å². The SMILES string of the molecule is CN=C(NCC(=O)NCCc1ccccc1)NCC(C)Oc1ccc(F)cc1. The van der Waals surface area contributed by atoms with Gasteiger partial charge in [0, 0.05) is 13.6 Å². The third kappa shape index (κ3) is 8.07. The third-order valence-corrected chi connectivity index (χ3v) is 3.93. The van der Waals surface area contributed by atoms with Gasteiger partial charge in [-0.15, -0.1) is 0 Å². The Morgan fingerprint density at radius 1 is 1.07 bits per heavy atom. The van der Waals surface area contributed by atoms with E-state index in [1.54, 1.807) is 19.2 Å². The highest BCUT2D eigenvalue weighted by Crippen LogP contribution is 2.12. The molecule has 2 aromatic carbocycles. The van der Waals surface area contributed by atoms with Crippen LogP contribution in [-0.4, -0.2) is 44.7 Å². The molecule has 1 amide bonds. The Morgan fingerprint density at radius 2 is 1.79 bits per heavy atom. The van der Waals surface area contributed by atoms with Crippen LogP contribution in [0.5, 0.6) is 5.75 Å². The van der Waals surface area contributed by atoms with Crippen LogP contribution in [0.1, 0.15) is 12.5 Å². The first kappa shape index (κ1) is 21.2. The summed E-state index contributed by atoms with van der Waals surface area (Å²) in [4.78, 5) is 16.0. The van der Waals surface area contributed by atoms with E-state index < -0.39 is 0 Å². The summed E-state index contributed by atoms with van der Waals surface area (Å²) in [6.45, 7) is 3.08. The van der Waals surface area contributed by atoms with Gasteiger partial charge in [0.1, 0.15) is 17.7 Å². The fraction of sp³-hybridized carbons (Fsp3) is 0.333. The molecule has 3 N–H and O–H groups in total. The van der Waals surface area contributed by atoms with Crippen molar-refractivity contribution in [2.45, 2.75) is 19.4 Å². The zero-order valence-electron chi connectivity index (χ0n) is 16.2. The Balaban J connectivity index is 1.63. The monoisotopic (exact) mass is 386 g/mol. The number of hydrogen-bond acceptors (Lipinski definition) is 3. The van der Waals surface area contributed by atoms with Gasteiger partial charge in [0.25, 0.3) is 0 Å². The van der Waals surface area contributed by atoms with Gasteiger partial charge in [0.05, 0.1) is 13.1 Å². The molecule has 0 aliphatic carbocycles. The Bertz CT molecular complexity index is 751. The molecule has 0 aliphatic heterocycles. The second-order valence-corrected chi connectivity index (χ2v) is 6.27. The summed E-state index contributed by atoms with van der Waals surface area (Å²) in [5.41, 5.74) is 1.18. The number of carbonyl (C=O) groups is 1. The molecule has 0 radical (unpaired) electrons. The van der Waals surface area contributed by atoms with Crippen molar-refractivity contribution in [2.75, 3.05) is 26.7 Å². The number of halogens is 1. The van der Waals surface area contributed by atoms with Crippen LogP contribution in [0.4, 0.5) is 4.39 Å². The van der Waals surface area contributed by atoms with Gasteiger partial charge in [-0.3, -0.25) is 9.79 Å². The molecule has 0 bridgehead atoms. The molecular weight excluding hydrogens is 359 g/mol. The van der Waals surface area contributed by atoms with Crippen LogP contribution in [-0.2, 0) is 11.2 Å². The minimum absolute atomic E-state index is 0.102. The van der Waals surface area contributed by atoms with Crippen LogP contribution in [0.25, 0.3) is 0 Å². The second-order valence-electron chi connectivity index (χ2n) is 6.27. The highest BCUT2D eigenvalue weighted by atomic mass is 19.1. The Kier molecular flexibility index (Phi) is 8.78. The van der Waals surface area contributed by atoms with E-state index in [9.17, 15) is 9.18 Å². The van der Waals surface area contributed by atoms with E-state index in [4.69, 9.17) is 4.74 Å². The van der Waals surface area contributed by atoms with Gasteiger partial charge < -0.3 is 20.7 Å². The van der Waals surface area contributed by atoms with Gasteiger partial charge in [0.2, 0.25) is 5.91 Å². The molecule has 0 heterocycles. The van der Waals surface area contributed by atoms with Crippen LogP contribution in [0.15, 0.2) is 59.6 Å². The van der Waals surface area contributed by atoms with Crippen molar-refractivity contribution < 1.29 is 13.9 Å². The van der Waals surface area contributed by atoms with E-state index in [0.29, 0.717) is 24.8 Å². The number of guanidine groups is 1. The molecular formula is C21H27FN4O2.